The van der Waals surface area contributed by atoms with Gasteiger partial charge >= 0.3 is 0 Å². The van der Waals surface area contributed by atoms with E-state index in [1.165, 1.54) is 11.1 Å². The number of hydrogen-bond acceptors (Lipinski definition) is 5. The standard InChI is InChI=1S/C9H10BrClN4O3S/c10-6-2-13-9(8(11)14-6)15-3-5(1-7(15)16)4-19(12,17)18/h2,5H,1,3-4H2,(H2,12,17,18). The van der Waals surface area contributed by atoms with E-state index in [9.17, 15) is 13.2 Å². The van der Waals surface area contributed by atoms with Crippen LogP contribution in [0.5, 0.6) is 0 Å². The fourth-order valence-electron chi connectivity index (χ4n) is 1.95. The lowest BCUT2D eigenvalue weighted by Gasteiger charge is -2.16. The lowest BCUT2D eigenvalue weighted by molar-refractivity contribution is -0.117. The van der Waals surface area contributed by atoms with Crippen LogP contribution in [-0.4, -0.2) is 36.6 Å². The van der Waals surface area contributed by atoms with Gasteiger partial charge in [0.1, 0.15) is 4.60 Å². The van der Waals surface area contributed by atoms with Gasteiger partial charge in [0.15, 0.2) is 11.0 Å². The number of amides is 1. The van der Waals surface area contributed by atoms with Crippen molar-refractivity contribution in [1.29, 1.82) is 0 Å². The molecule has 2 heterocycles. The molecule has 0 bridgehead atoms. The first-order valence-corrected chi connectivity index (χ1v) is 8.14. The van der Waals surface area contributed by atoms with Crippen molar-refractivity contribution < 1.29 is 13.2 Å². The second-order valence-electron chi connectivity index (χ2n) is 4.21. The highest BCUT2D eigenvalue weighted by Gasteiger charge is 2.34. The second kappa shape index (κ2) is 5.31. The predicted molar refractivity (Wildman–Crippen MR) is 73.2 cm³/mol. The Morgan fingerprint density at radius 2 is 2.26 bits per heavy atom. The van der Waals surface area contributed by atoms with E-state index in [1.54, 1.807) is 0 Å². The summed E-state index contributed by atoms with van der Waals surface area (Å²) in [6, 6.07) is 0. The van der Waals surface area contributed by atoms with Crippen LogP contribution in [0.1, 0.15) is 6.42 Å². The molecule has 0 aromatic carbocycles. The highest BCUT2D eigenvalue weighted by atomic mass is 79.9. The van der Waals surface area contributed by atoms with E-state index in [2.05, 4.69) is 25.9 Å². The quantitative estimate of drug-likeness (QED) is 0.836. The Kier molecular flexibility index (Phi) is 4.09. The summed E-state index contributed by atoms with van der Waals surface area (Å²) in [7, 11) is -3.61. The molecule has 0 radical (unpaired) electrons. The van der Waals surface area contributed by atoms with Crippen molar-refractivity contribution >= 4 is 49.3 Å². The summed E-state index contributed by atoms with van der Waals surface area (Å²) in [6.07, 6.45) is 1.52. The molecule has 1 fully saturated rings. The zero-order valence-corrected chi connectivity index (χ0v) is 12.7. The molecule has 0 spiro atoms. The summed E-state index contributed by atoms with van der Waals surface area (Å²) in [4.78, 5) is 21.2. The molecule has 2 N–H and O–H groups in total. The van der Waals surface area contributed by atoms with Crippen molar-refractivity contribution in [2.24, 2.45) is 11.1 Å². The fraction of sp³-hybridized carbons (Fsp3) is 0.444. The molecule has 1 aliphatic heterocycles. The minimum atomic E-state index is -3.61. The molecule has 1 aromatic heterocycles. The first kappa shape index (κ1) is 14.6. The molecule has 2 rings (SSSR count). The molecule has 1 amide bonds. The van der Waals surface area contributed by atoms with Crippen molar-refractivity contribution in [3.63, 3.8) is 0 Å². The number of carbonyl (C=O) groups excluding carboxylic acids is 1. The van der Waals surface area contributed by atoms with Crippen LogP contribution in [0.2, 0.25) is 5.15 Å². The molecule has 1 aromatic rings. The third-order valence-corrected chi connectivity index (χ3v) is 4.18. The average Bonchev–Trinajstić information content (AvgIpc) is 2.56. The molecule has 0 aliphatic carbocycles. The van der Waals surface area contributed by atoms with Crippen molar-refractivity contribution in [3.8, 4) is 0 Å². The Balaban J connectivity index is 2.20. The van der Waals surface area contributed by atoms with Gasteiger partial charge in [-0.3, -0.25) is 9.69 Å². The first-order valence-electron chi connectivity index (χ1n) is 5.25. The van der Waals surface area contributed by atoms with Crippen LogP contribution in [0, 0.1) is 5.92 Å². The van der Waals surface area contributed by atoms with E-state index in [-0.39, 0.29) is 41.5 Å². The number of nitrogens with zero attached hydrogens (tertiary/aromatic N) is 3. The van der Waals surface area contributed by atoms with E-state index in [0.717, 1.165) is 0 Å². The van der Waals surface area contributed by atoms with Gasteiger partial charge in [-0.25, -0.2) is 23.5 Å². The number of aromatic nitrogens is 2. The van der Waals surface area contributed by atoms with Crippen LogP contribution in [0.15, 0.2) is 10.8 Å². The van der Waals surface area contributed by atoms with Gasteiger partial charge in [-0.05, 0) is 15.9 Å². The smallest absolute Gasteiger partial charge is 0.228 e. The van der Waals surface area contributed by atoms with Crippen LogP contribution in [0.25, 0.3) is 0 Å². The number of halogens is 2. The van der Waals surface area contributed by atoms with Gasteiger partial charge in [-0.1, -0.05) is 11.6 Å². The normalized spacial score (nSPS) is 20.1. The third kappa shape index (κ3) is 3.62. The molecule has 7 nitrogen and oxygen atoms in total. The number of sulfonamides is 1. The van der Waals surface area contributed by atoms with E-state index >= 15 is 0 Å². The van der Waals surface area contributed by atoms with Gasteiger partial charge in [-0.2, -0.15) is 0 Å². The molecule has 1 saturated heterocycles. The maximum atomic E-state index is 11.9. The van der Waals surface area contributed by atoms with Crippen LogP contribution in [0.4, 0.5) is 5.82 Å². The molecule has 1 atom stereocenters. The van der Waals surface area contributed by atoms with Crippen molar-refractivity contribution in [2.45, 2.75) is 6.42 Å². The lowest BCUT2D eigenvalue weighted by Crippen LogP contribution is -2.28. The van der Waals surface area contributed by atoms with Crippen LogP contribution >= 0.6 is 27.5 Å². The SMILES string of the molecule is NS(=O)(=O)CC1CC(=O)N(c2ncc(Br)nc2Cl)C1. The fourth-order valence-corrected chi connectivity index (χ4v) is 3.45. The average molecular weight is 370 g/mol. The summed E-state index contributed by atoms with van der Waals surface area (Å²) in [5, 5.41) is 5.06. The van der Waals surface area contributed by atoms with Gasteiger partial charge < -0.3 is 0 Å². The number of anilines is 1. The zero-order chi connectivity index (χ0) is 14.2. The van der Waals surface area contributed by atoms with Crippen molar-refractivity contribution in [3.05, 3.63) is 16.0 Å². The molecule has 10 heteroatoms. The van der Waals surface area contributed by atoms with E-state index < -0.39 is 10.0 Å². The summed E-state index contributed by atoms with van der Waals surface area (Å²) in [5.74, 6) is -0.612. The Hall–Kier alpha value is -0.770. The molecular weight excluding hydrogens is 360 g/mol. The molecule has 104 valence electrons. The highest BCUT2D eigenvalue weighted by molar-refractivity contribution is 9.10. The lowest BCUT2D eigenvalue weighted by atomic mass is 10.1. The monoisotopic (exact) mass is 368 g/mol. The van der Waals surface area contributed by atoms with Gasteiger partial charge in [0.05, 0.1) is 11.9 Å². The largest absolute Gasteiger partial charge is 0.294 e. The molecule has 0 saturated carbocycles. The van der Waals surface area contributed by atoms with E-state index in [4.69, 9.17) is 16.7 Å². The third-order valence-electron chi connectivity index (χ3n) is 2.61. The Morgan fingerprint density at radius 1 is 1.58 bits per heavy atom. The number of primary sulfonamides is 1. The first-order chi connectivity index (χ1) is 8.76. The van der Waals surface area contributed by atoms with Gasteiger partial charge in [0, 0.05) is 18.9 Å². The van der Waals surface area contributed by atoms with Gasteiger partial charge in [0.2, 0.25) is 15.9 Å². The Bertz CT molecular complexity index is 624. The topological polar surface area (TPSA) is 106 Å². The van der Waals surface area contributed by atoms with Crippen LogP contribution in [0.3, 0.4) is 0 Å². The Labute approximate surface area is 123 Å². The number of hydrogen-bond donors (Lipinski definition) is 1. The highest BCUT2D eigenvalue weighted by Crippen LogP contribution is 2.29. The summed E-state index contributed by atoms with van der Waals surface area (Å²) in [6.45, 7) is 0.214. The van der Waals surface area contributed by atoms with Crippen molar-refractivity contribution in [2.75, 3.05) is 17.2 Å². The van der Waals surface area contributed by atoms with Gasteiger partial charge in [-0.15, -0.1) is 0 Å². The summed E-state index contributed by atoms with van der Waals surface area (Å²) < 4.78 is 22.5. The van der Waals surface area contributed by atoms with E-state index in [0.29, 0.717) is 4.60 Å². The summed E-state index contributed by atoms with van der Waals surface area (Å²) in [5.41, 5.74) is 0. The predicted octanol–water partition coefficient (Wildman–Crippen LogP) is 0.534. The molecule has 1 unspecified atom stereocenters. The molecule has 1 aliphatic rings. The maximum Gasteiger partial charge on any atom is 0.228 e. The molecule has 19 heavy (non-hydrogen) atoms. The number of nitrogens with two attached hydrogens (primary N) is 1. The minimum Gasteiger partial charge on any atom is -0.294 e. The van der Waals surface area contributed by atoms with Crippen LogP contribution in [-0.2, 0) is 14.8 Å². The maximum absolute atomic E-state index is 11.9. The van der Waals surface area contributed by atoms with Crippen LogP contribution < -0.4 is 10.0 Å². The van der Waals surface area contributed by atoms with Crippen molar-refractivity contribution in [1.82, 2.24) is 9.97 Å². The zero-order valence-electron chi connectivity index (χ0n) is 9.58. The molecular formula is C9H10BrClN4O3S. The number of rotatable bonds is 3. The Morgan fingerprint density at radius 3 is 2.84 bits per heavy atom. The van der Waals surface area contributed by atoms with E-state index in [1.807, 2.05) is 0 Å². The summed E-state index contributed by atoms with van der Waals surface area (Å²) >= 11 is 9.03. The van der Waals surface area contributed by atoms with Gasteiger partial charge in [0.25, 0.3) is 0 Å². The number of carbonyl (C=O) groups is 1. The minimum absolute atomic E-state index is 0.0824. The second-order valence-corrected chi connectivity index (χ2v) is 7.04.